The molecule has 0 saturated heterocycles. The third-order valence-corrected chi connectivity index (χ3v) is 3.59. The van der Waals surface area contributed by atoms with Gasteiger partial charge in [0.15, 0.2) is 18.1 Å². The van der Waals surface area contributed by atoms with Crippen LogP contribution in [-0.4, -0.2) is 30.2 Å². The molecule has 1 aliphatic heterocycles. The Morgan fingerprint density at radius 1 is 1.35 bits per heavy atom. The molecule has 3 rings (SSSR count). The molecule has 1 aliphatic rings. The van der Waals surface area contributed by atoms with Crippen molar-refractivity contribution in [2.75, 3.05) is 13.4 Å². The normalized spacial score (nSPS) is 13.1. The van der Waals surface area contributed by atoms with Gasteiger partial charge in [-0.1, -0.05) is 0 Å². The number of nitro groups is 1. The van der Waals surface area contributed by atoms with E-state index in [0.29, 0.717) is 5.76 Å². The largest absolute Gasteiger partial charge is 0.467 e. The van der Waals surface area contributed by atoms with Crippen molar-refractivity contribution in [2.24, 2.45) is 0 Å². The molecule has 1 N–H and O–H groups in total. The van der Waals surface area contributed by atoms with Crippen molar-refractivity contribution >= 4 is 17.6 Å². The molecular weight excluding hydrogens is 348 g/mol. The Morgan fingerprint density at radius 2 is 2.08 bits per heavy atom. The van der Waals surface area contributed by atoms with E-state index in [1.165, 1.54) is 6.26 Å². The van der Waals surface area contributed by atoms with E-state index in [1.807, 2.05) is 0 Å². The van der Waals surface area contributed by atoms with Crippen LogP contribution in [0.15, 0.2) is 34.9 Å². The molecule has 0 aliphatic carbocycles. The Morgan fingerprint density at radius 3 is 2.73 bits per heavy atom. The number of nitro benzene ring substituents is 1. The molecule has 10 heteroatoms. The maximum Gasteiger partial charge on any atom is 0.345 e. The second-order valence-corrected chi connectivity index (χ2v) is 5.36. The standard InChI is InChI=1S/C16H14N2O8/c1-9(12-3-2-4-23-12)17-15(19)7-24-16(20)10-5-13-14(26-8-25-13)6-11(10)18(21)22/h2-6,9H,7-8H2,1H3,(H,17,19). The van der Waals surface area contributed by atoms with E-state index in [1.54, 1.807) is 19.1 Å². The number of benzene rings is 1. The van der Waals surface area contributed by atoms with Gasteiger partial charge in [-0.05, 0) is 19.1 Å². The average molecular weight is 362 g/mol. The topological polar surface area (TPSA) is 130 Å². The van der Waals surface area contributed by atoms with Crippen LogP contribution in [0.5, 0.6) is 11.5 Å². The van der Waals surface area contributed by atoms with Crippen LogP contribution in [0.3, 0.4) is 0 Å². The minimum Gasteiger partial charge on any atom is -0.467 e. The number of nitrogens with one attached hydrogen (secondary N) is 1. The van der Waals surface area contributed by atoms with Crippen LogP contribution < -0.4 is 14.8 Å². The quantitative estimate of drug-likeness (QED) is 0.469. The van der Waals surface area contributed by atoms with Gasteiger partial charge in [-0.3, -0.25) is 14.9 Å². The number of carbonyl (C=O) groups is 2. The molecule has 10 nitrogen and oxygen atoms in total. The maximum absolute atomic E-state index is 12.2. The summed E-state index contributed by atoms with van der Waals surface area (Å²) in [6, 6.07) is 5.18. The van der Waals surface area contributed by atoms with Crippen molar-refractivity contribution in [3.63, 3.8) is 0 Å². The SMILES string of the molecule is CC(NC(=O)COC(=O)c1cc2c(cc1[N+](=O)[O-])OCO2)c1ccco1. The number of nitrogens with zero attached hydrogens (tertiary/aromatic N) is 1. The van der Waals surface area contributed by atoms with Crippen molar-refractivity contribution in [1.82, 2.24) is 5.32 Å². The van der Waals surface area contributed by atoms with Crippen LogP contribution >= 0.6 is 0 Å². The van der Waals surface area contributed by atoms with Gasteiger partial charge >= 0.3 is 5.97 Å². The van der Waals surface area contributed by atoms with Crippen LogP contribution in [0.4, 0.5) is 5.69 Å². The number of furan rings is 1. The predicted octanol–water partition coefficient (Wildman–Crippen LogP) is 1.95. The minimum atomic E-state index is -1.02. The zero-order chi connectivity index (χ0) is 18.7. The summed E-state index contributed by atoms with van der Waals surface area (Å²) in [6.07, 6.45) is 1.47. The first-order valence-electron chi connectivity index (χ1n) is 7.53. The molecule has 1 aromatic carbocycles. The molecule has 136 valence electrons. The summed E-state index contributed by atoms with van der Waals surface area (Å²) < 4.78 is 20.2. The Labute approximate surface area is 146 Å². The maximum atomic E-state index is 12.2. The average Bonchev–Trinajstić information content (AvgIpc) is 3.29. The zero-order valence-electron chi connectivity index (χ0n) is 13.6. The third-order valence-electron chi connectivity index (χ3n) is 3.59. The van der Waals surface area contributed by atoms with Gasteiger partial charge < -0.3 is 23.9 Å². The molecule has 1 aromatic heterocycles. The van der Waals surface area contributed by atoms with Gasteiger partial charge in [0.05, 0.1) is 23.3 Å². The molecule has 2 heterocycles. The molecule has 1 unspecified atom stereocenters. The number of hydrogen-bond donors (Lipinski definition) is 1. The van der Waals surface area contributed by atoms with E-state index in [4.69, 9.17) is 18.6 Å². The molecule has 0 bridgehead atoms. The summed E-state index contributed by atoms with van der Waals surface area (Å²) >= 11 is 0. The highest BCUT2D eigenvalue weighted by Gasteiger charge is 2.28. The number of ether oxygens (including phenoxy) is 3. The number of esters is 1. The van der Waals surface area contributed by atoms with E-state index in [-0.39, 0.29) is 23.9 Å². The van der Waals surface area contributed by atoms with E-state index in [9.17, 15) is 19.7 Å². The first-order valence-corrected chi connectivity index (χ1v) is 7.53. The molecule has 0 saturated carbocycles. The monoisotopic (exact) mass is 362 g/mol. The van der Waals surface area contributed by atoms with Crippen LogP contribution in [0, 0.1) is 10.1 Å². The summed E-state index contributed by atoms with van der Waals surface area (Å²) in [5.41, 5.74) is -0.824. The van der Waals surface area contributed by atoms with Gasteiger partial charge in [0.2, 0.25) is 6.79 Å². The molecule has 0 fully saturated rings. The molecule has 2 aromatic rings. The van der Waals surface area contributed by atoms with E-state index in [2.05, 4.69) is 5.32 Å². The lowest BCUT2D eigenvalue weighted by Gasteiger charge is -2.11. The molecule has 26 heavy (non-hydrogen) atoms. The summed E-state index contributed by atoms with van der Waals surface area (Å²) in [4.78, 5) is 34.5. The second kappa shape index (κ2) is 7.13. The Hall–Kier alpha value is -3.56. The summed E-state index contributed by atoms with van der Waals surface area (Å²) in [6.45, 7) is 0.995. The highest BCUT2D eigenvalue weighted by atomic mass is 16.7. The third kappa shape index (κ3) is 3.58. The number of rotatable bonds is 6. The Bertz CT molecular complexity index is 846. The fourth-order valence-corrected chi connectivity index (χ4v) is 2.35. The number of hydrogen-bond acceptors (Lipinski definition) is 8. The zero-order valence-corrected chi connectivity index (χ0v) is 13.6. The van der Waals surface area contributed by atoms with Gasteiger partial charge in [0.1, 0.15) is 11.3 Å². The van der Waals surface area contributed by atoms with Crippen LogP contribution in [0.1, 0.15) is 29.1 Å². The lowest BCUT2D eigenvalue weighted by molar-refractivity contribution is -0.385. The number of fused-ring (bicyclic) bond motifs is 1. The van der Waals surface area contributed by atoms with Crippen molar-refractivity contribution in [2.45, 2.75) is 13.0 Å². The molecule has 0 spiro atoms. The lowest BCUT2D eigenvalue weighted by Crippen LogP contribution is -2.31. The molecule has 1 atom stereocenters. The fourth-order valence-electron chi connectivity index (χ4n) is 2.35. The van der Waals surface area contributed by atoms with Crippen LogP contribution in [0.25, 0.3) is 0 Å². The molecule has 1 amide bonds. The number of carbonyl (C=O) groups excluding carboxylic acids is 2. The number of amides is 1. The van der Waals surface area contributed by atoms with Crippen molar-refractivity contribution in [1.29, 1.82) is 0 Å². The van der Waals surface area contributed by atoms with E-state index in [0.717, 1.165) is 12.1 Å². The van der Waals surface area contributed by atoms with Crippen molar-refractivity contribution in [3.8, 4) is 11.5 Å². The lowest BCUT2D eigenvalue weighted by atomic mass is 10.1. The van der Waals surface area contributed by atoms with Crippen LogP contribution in [-0.2, 0) is 9.53 Å². The summed E-state index contributed by atoms with van der Waals surface area (Å²) in [5, 5.41) is 13.7. The summed E-state index contributed by atoms with van der Waals surface area (Å²) in [7, 11) is 0. The smallest absolute Gasteiger partial charge is 0.345 e. The van der Waals surface area contributed by atoms with Gasteiger partial charge in [0.25, 0.3) is 11.6 Å². The van der Waals surface area contributed by atoms with Gasteiger partial charge in [-0.15, -0.1) is 0 Å². The first-order chi connectivity index (χ1) is 12.5. The predicted molar refractivity (Wildman–Crippen MR) is 84.8 cm³/mol. The Balaban J connectivity index is 1.65. The second-order valence-electron chi connectivity index (χ2n) is 5.36. The van der Waals surface area contributed by atoms with Gasteiger partial charge in [-0.25, -0.2) is 4.79 Å². The van der Waals surface area contributed by atoms with E-state index < -0.39 is 35.1 Å². The summed E-state index contributed by atoms with van der Waals surface area (Å²) in [5.74, 6) is -0.700. The minimum absolute atomic E-state index is 0.0991. The molecular formula is C16H14N2O8. The van der Waals surface area contributed by atoms with E-state index >= 15 is 0 Å². The van der Waals surface area contributed by atoms with Gasteiger partial charge in [-0.2, -0.15) is 0 Å². The fraction of sp³-hybridized carbons (Fsp3) is 0.250. The van der Waals surface area contributed by atoms with Crippen molar-refractivity contribution in [3.05, 3.63) is 52.0 Å². The first kappa shape index (κ1) is 17.3. The van der Waals surface area contributed by atoms with Gasteiger partial charge in [0, 0.05) is 6.07 Å². The highest BCUT2D eigenvalue weighted by molar-refractivity contribution is 5.96. The Kier molecular flexibility index (Phi) is 4.74. The van der Waals surface area contributed by atoms with Crippen LogP contribution in [0.2, 0.25) is 0 Å². The van der Waals surface area contributed by atoms with Crippen molar-refractivity contribution < 1.29 is 33.1 Å². The highest BCUT2D eigenvalue weighted by Crippen LogP contribution is 2.38. The molecule has 0 radical (unpaired) electrons.